The number of aromatic amines is 1. The Morgan fingerprint density at radius 3 is 2.67 bits per heavy atom. The largest absolute Gasteiger partial charge is 0.337 e. The molecular formula is C12H14N2S. The molecule has 0 aliphatic carbocycles. The number of hydrogen-bond donors (Lipinski definition) is 1. The maximum Gasteiger partial charge on any atom is 0.177 e. The van der Waals surface area contributed by atoms with E-state index in [2.05, 4.69) is 40.7 Å². The summed E-state index contributed by atoms with van der Waals surface area (Å²) in [5, 5.41) is 0. The van der Waals surface area contributed by atoms with Crippen LogP contribution in [0.3, 0.4) is 0 Å². The van der Waals surface area contributed by atoms with Gasteiger partial charge >= 0.3 is 0 Å². The van der Waals surface area contributed by atoms with E-state index in [0.29, 0.717) is 6.04 Å². The lowest BCUT2D eigenvalue weighted by molar-refractivity contribution is 0.538. The number of aromatic nitrogens is 2. The van der Waals surface area contributed by atoms with Crippen molar-refractivity contribution in [3.05, 3.63) is 53.1 Å². The summed E-state index contributed by atoms with van der Waals surface area (Å²) in [4.78, 5) is 3.01. The van der Waals surface area contributed by atoms with Crippen molar-refractivity contribution in [3.8, 4) is 0 Å². The molecule has 0 radical (unpaired) electrons. The molecule has 1 aromatic carbocycles. The van der Waals surface area contributed by atoms with Crippen LogP contribution in [0.2, 0.25) is 0 Å². The topological polar surface area (TPSA) is 20.7 Å². The molecule has 15 heavy (non-hydrogen) atoms. The van der Waals surface area contributed by atoms with Crippen LogP contribution in [0, 0.1) is 4.77 Å². The number of H-pyrrole nitrogens is 1. The molecule has 0 aliphatic rings. The zero-order valence-electron chi connectivity index (χ0n) is 8.68. The highest BCUT2D eigenvalue weighted by Crippen LogP contribution is 2.13. The molecule has 1 N–H and O–H groups in total. The standard InChI is InChI=1S/C12H14N2S/c1-10(14-8-7-13-12(14)15)9-11-5-3-2-4-6-11/h2-8,10H,9H2,1H3,(H,13,15)/t10-/m0/s1. The molecule has 0 saturated heterocycles. The minimum absolute atomic E-state index is 0.395. The molecule has 3 heteroatoms. The Morgan fingerprint density at radius 1 is 1.33 bits per heavy atom. The quantitative estimate of drug-likeness (QED) is 0.783. The van der Waals surface area contributed by atoms with Crippen LogP contribution < -0.4 is 0 Å². The summed E-state index contributed by atoms with van der Waals surface area (Å²) in [5.74, 6) is 0. The Kier molecular flexibility index (Phi) is 3.02. The zero-order valence-corrected chi connectivity index (χ0v) is 9.50. The molecular weight excluding hydrogens is 204 g/mol. The molecule has 1 heterocycles. The molecule has 0 bridgehead atoms. The fraction of sp³-hybridized carbons (Fsp3) is 0.250. The molecule has 2 aromatic rings. The predicted molar refractivity (Wildman–Crippen MR) is 64.5 cm³/mol. The molecule has 1 atom stereocenters. The SMILES string of the molecule is C[C@@H](Cc1ccccc1)n1cc[nH]c1=S. The predicted octanol–water partition coefficient (Wildman–Crippen LogP) is 3.35. The summed E-state index contributed by atoms with van der Waals surface area (Å²) in [6, 6.07) is 10.9. The van der Waals surface area contributed by atoms with Gasteiger partial charge in [-0.15, -0.1) is 0 Å². The fourth-order valence-corrected chi connectivity index (χ4v) is 2.04. The monoisotopic (exact) mass is 218 g/mol. The van der Waals surface area contributed by atoms with Gasteiger partial charge in [-0.05, 0) is 31.1 Å². The van der Waals surface area contributed by atoms with Gasteiger partial charge < -0.3 is 9.55 Å². The van der Waals surface area contributed by atoms with Crippen LogP contribution in [0.1, 0.15) is 18.5 Å². The van der Waals surface area contributed by atoms with Crippen molar-refractivity contribution in [2.45, 2.75) is 19.4 Å². The van der Waals surface area contributed by atoms with Crippen molar-refractivity contribution in [1.82, 2.24) is 9.55 Å². The third-order valence-corrected chi connectivity index (χ3v) is 2.85. The molecule has 0 fully saturated rings. The van der Waals surface area contributed by atoms with Crippen LogP contribution >= 0.6 is 12.2 Å². The van der Waals surface area contributed by atoms with Gasteiger partial charge in [0.25, 0.3) is 0 Å². The Balaban J connectivity index is 2.14. The van der Waals surface area contributed by atoms with Gasteiger partial charge in [0, 0.05) is 18.4 Å². The lowest BCUT2D eigenvalue weighted by atomic mass is 10.1. The van der Waals surface area contributed by atoms with Gasteiger partial charge in [0.05, 0.1) is 0 Å². The third kappa shape index (κ3) is 2.36. The molecule has 2 nitrogen and oxygen atoms in total. The van der Waals surface area contributed by atoms with Crippen molar-refractivity contribution in [1.29, 1.82) is 0 Å². The Bertz CT molecular complexity index is 470. The first-order chi connectivity index (χ1) is 7.27. The van der Waals surface area contributed by atoms with Crippen molar-refractivity contribution in [2.75, 3.05) is 0 Å². The smallest absolute Gasteiger partial charge is 0.177 e. The molecule has 0 amide bonds. The molecule has 1 aromatic heterocycles. The normalized spacial score (nSPS) is 12.6. The van der Waals surface area contributed by atoms with E-state index in [1.165, 1.54) is 5.56 Å². The van der Waals surface area contributed by atoms with Crippen LogP contribution in [0.5, 0.6) is 0 Å². The van der Waals surface area contributed by atoms with Crippen LogP contribution in [0.4, 0.5) is 0 Å². The van der Waals surface area contributed by atoms with E-state index in [1.807, 2.05) is 18.5 Å². The fourth-order valence-electron chi connectivity index (χ4n) is 1.73. The van der Waals surface area contributed by atoms with Gasteiger partial charge in [-0.2, -0.15) is 0 Å². The third-order valence-electron chi connectivity index (χ3n) is 2.53. The summed E-state index contributed by atoms with van der Waals surface area (Å²) in [7, 11) is 0. The van der Waals surface area contributed by atoms with Gasteiger partial charge in [-0.25, -0.2) is 0 Å². The van der Waals surface area contributed by atoms with E-state index < -0.39 is 0 Å². The first kappa shape index (κ1) is 10.2. The van der Waals surface area contributed by atoms with Gasteiger partial charge in [0.2, 0.25) is 0 Å². The van der Waals surface area contributed by atoms with E-state index in [1.54, 1.807) is 0 Å². The summed E-state index contributed by atoms with van der Waals surface area (Å²) >= 11 is 5.19. The molecule has 2 rings (SSSR count). The number of nitrogens with zero attached hydrogens (tertiary/aromatic N) is 1. The van der Waals surface area contributed by atoms with Gasteiger partial charge in [0.1, 0.15) is 0 Å². The minimum atomic E-state index is 0.395. The van der Waals surface area contributed by atoms with Crippen molar-refractivity contribution in [3.63, 3.8) is 0 Å². The van der Waals surface area contributed by atoms with Crippen molar-refractivity contribution in [2.24, 2.45) is 0 Å². The van der Waals surface area contributed by atoms with Gasteiger partial charge in [0.15, 0.2) is 4.77 Å². The number of rotatable bonds is 3. The minimum Gasteiger partial charge on any atom is -0.337 e. The van der Waals surface area contributed by atoms with Crippen LogP contribution in [0.15, 0.2) is 42.7 Å². The summed E-state index contributed by atoms with van der Waals surface area (Å²) in [6.07, 6.45) is 4.88. The summed E-state index contributed by atoms with van der Waals surface area (Å²) < 4.78 is 2.88. The van der Waals surface area contributed by atoms with E-state index in [-0.39, 0.29) is 0 Å². The maximum absolute atomic E-state index is 5.19. The number of nitrogens with one attached hydrogen (secondary N) is 1. The average molecular weight is 218 g/mol. The zero-order chi connectivity index (χ0) is 10.7. The molecule has 0 spiro atoms. The maximum atomic E-state index is 5.19. The van der Waals surface area contributed by atoms with Crippen LogP contribution in [-0.2, 0) is 6.42 Å². The van der Waals surface area contributed by atoms with Crippen LogP contribution in [0.25, 0.3) is 0 Å². The molecule has 78 valence electrons. The van der Waals surface area contributed by atoms with Crippen molar-refractivity contribution < 1.29 is 0 Å². The highest BCUT2D eigenvalue weighted by Gasteiger charge is 2.05. The van der Waals surface area contributed by atoms with E-state index >= 15 is 0 Å². The first-order valence-corrected chi connectivity index (χ1v) is 5.47. The highest BCUT2D eigenvalue weighted by molar-refractivity contribution is 7.71. The summed E-state index contributed by atoms with van der Waals surface area (Å²) in [6.45, 7) is 2.18. The second-order valence-corrected chi connectivity index (χ2v) is 4.10. The Labute approximate surface area is 94.6 Å². The Hall–Kier alpha value is -1.35. The molecule has 0 aliphatic heterocycles. The number of imidazole rings is 1. The summed E-state index contributed by atoms with van der Waals surface area (Å²) in [5.41, 5.74) is 1.34. The van der Waals surface area contributed by atoms with E-state index in [4.69, 9.17) is 12.2 Å². The van der Waals surface area contributed by atoms with Gasteiger partial charge in [-0.3, -0.25) is 0 Å². The number of hydrogen-bond acceptors (Lipinski definition) is 1. The van der Waals surface area contributed by atoms with Crippen LogP contribution in [-0.4, -0.2) is 9.55 Å². The van der Waals surface area contributed by atoms with E-state index in [0.717, 1.165) is 11.2 Å². The highest BCUT2D eigenvalue weighted by atomic mass is 32.1. The first-order valence-electron chi connectivity index (χ1n) is 5.07. The second-order valence-electron chi connectivity index (χ2n) is 3.71. The van der Waals surface area contributed by atoms with E-state index in [9.17, 15) is 0 Å². The molecule has 0 unspecified atom stereocenters. The number of benzene rings is 1. The average Bonchev–Trinajstić information content (AvgIpc) is 2.66. The Morgan fingerprint density at radius 2 is 2.07 bits per heavy atom. The lowest BCUT2D eigenvalue weighted by Crippen LogP contribution is -2.07. The molecule has 0 saturated carbocycles. The van der Waals surface area contributed by atoms with Gasteiger partial charge in [-0.1, -0.05) is 30.3 Å². The lowest BCUT2D eigenvalue weighted by Gasteiger charge is -2.12. The second kappa shape index (κ2) is 4.45. The van der Waals surface area contributed by atoms with Crippen molar-refractivity contribution >= 4 is 12.2 Å².